The van der Waals surface area contributed by atoms with Gasteiger partial charge in [0.05, 0.1) is 35.6 Å². The molecule has 1 aromatic heterocycles. The van der Waals surface area contributed by atoms with E-state index < -0.39 is 15.7 Å². The van der Waals surface area contributed by atoms with Crippen molar-refractivity contribution in [2.75, 3.05) is 57.2 Å². The standard InChI is InChI=1S/C27H33FN6O4S/c1-19-17-38-15-14-34(19)25-16-23(18-39(36,37)24-10-6-21(28)7-11-24)30-26(32-25)20-4-8-22(9-5-20)31-27(35)29-12-13-33(2)3/h4-11,16,19H,12-15,17-18H2,1-3H3,(H2,29,31,35)/t19-/m0/s1. The molecule has 2 heterocycles. The van der Waals surface area contributed by atoms with Crippen molar-refractivity contribution in [3.63, 3.8) is 0 Å². The monoisotopic (exact) mass is 556 g/mol. The minimum Gasteiger partial charge on any atom is -0.377 e. The Morgan fingerprint density at radius 3 is 2.51 bits per heavy atom. The molecule has 0 unspecified atom stereocenters. The van der Waals surface area contributed by atoms with Crippen LogP contribution in [0, 0.1) is 5.82 Å². The maximum Gasteiger partial charge on any atom is 0.319 e. The zero-order chi connectivity index (χ0) is 28.0. The van der Waals surface area contributed by atoms with E-state index in [0.29, 0.717) is 54.9 Å². The first-order valence-corrected chi connectivity index (χ1v) is 14.3. The van der Waals surface area contributed by atoms with Crippen LogP contribution >= 0.6 is 0 Å². The highest BCUT2D eigenvalue weighted by molar-refractivity contribution is 7.90. The zero-order valence-electron chi connectivity index (χ0n) is 22.2. The number of urea groups is 1. The number of anilines is 2. The SMILES string of the molecule is C[C@H]1COCCN1c1cc(CS(=O)(=O)c2ccc(F)cc2)nc(-c2ccc(NC(=O)NCCN(C)C)cc2)n1. The number of hydrogen-bond acceptors (Lipinski definition) is 8. The second-order valence-electron chi connectivity index (χ2n) is 9.63. The van der Waals surface area contributed by atoms with E-state index in [1.54, 1.807) is 30.3 Å². The number of carbonyl (C=O) groups excluding carboxylic acids is 1. The first-order chi connectivity index (χ1) is 18.6. The number of aromatic nitrogens is 2. The van der Waals surface area contributed by atoms with Crippen molar-refractivity contribution in [1.82, 2.24) is 20.2 Å². The molecule has 208 valence electrons. The average molecular weight is 557 g/mol. The molecule has 1 fully saturated rings. The predicted octanol–water partition coefficient (Wildman–Crippen LogP) is 3.16. The summed E-state index contributed by atoms with van der Waals surface area (Å²) in [5, 5.41) is 5.58. The lowest BCUT2D eigenvalue weighted by Gasteiger charge is -2.34. The second kappa shape index (κ2) is 12.5. The van der Waals surface area contributed by atoms with Gasteiger partial charge in [-0.1, -0.05) is 0 Å². The molecule has 2 amide bonds. The number of amides is 2. The number of nitrogens with one attached hydrogen (secondary N) is 2. The summed E-state index contributed by atoms with van der Waals surface area (Å²) in [7, 11) is 0.0775. The highest BCUT2D eigenvalue weighted by atomic mass is 32.2. The Hall–Kier alpha value is -3.61. The second-order valence-corrected chi connectivity index (χ2v) is 11.6. The van der Waals surface area contributed by atoms with Gasteiger partial charge in [-0.15, -0.1) is 0 Å². The van der Waals surface area contributed by atoms with E-state index in [4.69, 9.17) is 9.72 Å². The number of carbonyl (C=O) groups is 1. The number of sulfone groups is 1. The number of morpholine rings is 1. The number of halogens is 1. The van der Waals surface area contributed by atoms with Crippen LogP contribution in [-0.4, -0.2) is 82.3 Å². The molecule has 0 spiro atoms. The normalized spacial score (nSPS) is 15.8. The molecule has 1 saturated heterocycles. The fourth-order valence-corrected chi connectivity index (χ4v) is 5.35. The molecule has 10 nitrogen and oxygen atoms in total. The van der Waals surface area contributed by atoms with E-state index in [1.165, 1.54) is 12.1 Å². The van der Waals surface area contributed by atoms with E-state index in [0.717, 1.165) is 18.7 Å². The van der Waals surface area contributed by atoms with Crippen LogP contribution in [0.5, 0.6) is 0 Å². The van der Waals surface area contributed by atoms with E-state index in [9.17, 15) is 17.6 Å². The summed E-state index contributed by atoms with van der Waals surface area (Å²) < 4.78 is 45.1. The van der Waals surface area contributed by atoms with Crippen LogP contribution in [0.1, 0.15) is 12.6 Å². The van der Waals surface area contributed by atoms with E-state index in [1.807, 2.05) is 25.9 Å². The highest BCUT2D eigenvalue weighted by Gasteiger charge is 2.24. The van der Waals surface area contributed by atoms with E-state index in [2.05, 4.69) is 20.5 Å². The Balaban J connectivity index is 1.60. The van der Waals surface area contributed by atoms with Crippen LogP contribution in [0.2, 0.25) is 0 Å². The van der Waals surface area contributed by atoms with Crippen LogP contribution < -0.4 is 15.5 Å². The van der Waals surface area contributed by atoms with Crippen LogP contribution in [0.25, 0.3) is 11.4 Å². The molecule has 0 saturated carbocycles. The summed E-state index contributed by atoms with van der Waals surface area (Å²) in [6.07, 6.45) is 0. The van der Waals surface area contributed by atoms with Gasteiger partial charge in [0.15, 0.2) is 15.7 Å². The molecule has 1 aliphatic rings. The van der Waals surface area contributed by atoms with Crippen molar-refractivity contribution >= 4 is 27.4 Å². The molecule has 2 aromatic carbocycles. The molecule has 39 heavy (non-hydrogen) atoms. The smallest absolute Gasteiger partial charge is 0.319 e. The summed E-state index contributed by atoms with van der Waals surface area (Å²) in [4.78, 5) is 25.5. The van der Waals surface area contributed by atoms with Gasteiger partial charge in [-0.05, 0) is 69.6 Å². The summed E-state index contributed by atoms with van der Waals surface area (Å²) in [6.45, 7) is 4.92. The Bertz CT molecular complexity index is 1380. The molecule has 0 bridgehead atoms. The van der Waals surface area contributed by atoms with Crippen molar-refractivity contribution in [3.05, 3.63) is 66.1 Å². The largest absolute Gasteiger partial charge is 0.377 e. The van der Waals surface area contributed by atoms with Gasteiger partial charge in [0.25, 0.3) is 0 Å². The first-order valence-electron chi connectivity index (χ1n) is 12.6. The quantitative estimate of drug-likeness (QED) is 0.386. The molecular weight excluding hydrogens is 523 g/mol. The number of benzene rings is 2. The molecule has 4 rings (SSSR count). The summed E-state index contributed by atoms with van der Waals surface area (Å²) in [5.41, 5.74) is 1.58. The van der Waals surface area contributed by atoms with Crippen LogP contribution in [0.4, 0.5) is 20.7 Å². The molecule has 12 heteroatoms. The molecule has 1 aliphatic heterocycles. The minimum atomic E-state index is -3.78. The van der Waals surface area contributed by atoms with Crippen molar-refractivity contribution in [2.24, 2.45) is 0 Å². The molecule has 1 atom stereocenters. The summed E-state index contributed by atoms with van der Waals surface area (Å²) >= 11 is 0. The number of hydrogen-bond donors (Lipinski definition) is 2. The number of ether oxygens (including phenoxy) is 1. The van der Waals surface area contributed by atoms with Gasteiger partial charge in [0.2, 0.25) is 0 Å². The van der Waals surface area contributed by atoms with Crippen molar-refractivity contribution in [2.45, 2.75) is 23.6 Å². The Morgan fingerprint density at radius 1 is 1.13 bits per heavy atom. The van der Waals surface area contributed by atoms with Crippen LogP contribution in [0.15, 0.2) is 59.5 Å². The van der Waals surface area contributed by atoms with Gasteiger partial charge in [-0.25, -0.2) is 27.6 Å². The molecule has 2 N–H and O–H groups in total. The average Bonchev–Trinajstić information content (AvgIpc) is 2.89. The lowest BCUT2D eigenvalue weighted by Crippen LogP contribution is -2.44. The van der Waals surface area contributed by atoms with E-state index in [-0.39, 0.29) is 22.7 Å². The third-order valence-corrected chi connectivity index (χ3v) is 7.85. The van der Waals surface area contributed by atoms with Gasteiger partial charge in [0.1, 0.15) is 11.6 Å². The van der Waals surface area contributed by atoms with Crippen LogP contribution in [0.3, 0.4) is 0 Å². The maximum absolute atomic E-state index is 13.4. The Kier molecular flexibility index (Phi) is 9.10. The molecule has 3 aromatic rings. The summed E-state index contributed by atoms with van der Waals surface area (Å²) in [6, 6.07) is 13.2. The fourth-order valence-electron chi connectivity index (χ4n) is 4.09. The molecule has 0 radical (unpaired) electrons. The lowest BCUT2D eigenvalue weighted by atomic mass is 10.2. The van der Waals surface area contributed by atoms with Crippen molar-refractivity contribution in [3.8, 4) is 11.4 Å². The van der Waals surface area contributed by atoms with Crippen molar-refractivity contribution in [1.29, 1.82) is 0 Å². The van der Waals surface area contributed by atoms with Gasteiger partial charge in [0, 0.05) is 37.0 Å². The maximum atomic E-state index is 13.4. The molecular formula is C27H33FN6O4S. The first kappa shape index (κ1) is 28.4. The number of likely N-dealkylation sites (N-methyl/N-ethyl adjacent to an activating group) is 1. The topological polar surface area (TPSA) is 117 Å². The van der Waals surface area contributed by atoms with Gasteiger partial charge in [-0.3, -0.25) is 0 Å². The highest BCUT2D eigenvalue weighted by Crippen LogP contribution is 2.26. The van der Waals surface area contributed by atoms with Crippen molar-refractivity contribution < 1.29 is 22.3 Å². The third-order valence-electron chi connectivity index (χ3n) is 6.18. The number of nitrogens with zero attached hydrogens (tertiary/aromatic N) is 4. The fraction of sp³-hybridized carbons (Fsp3) is 0.370. The molecule has 0 aliphatic carbocycles. The minimum absolute atomic E-state index is 0.0182. The predicted molar refractivity (Wildman–Crippen MR) is 148 cm³/mol. The number of rotatable bonds is 9. The van der Waals surface area contributed by atoms with Gasteiger partial charge in [-0.2, -0.15) is 0 Å². The van der Waals surface area contributed by atoms with E-state index >= 15 is 0 Å². The lowest BCUT2D eigenvalue weighted by molar-refractivity contribution is 0.0985. The zero-order valence-corrected chi connectivity index (χ0v) is 23.0. The summed E-state index contributed by atoms with van der Waals surface area (Å²) in [5.74, 6) is 0.0815. The Morgan fingerprint density at radius 2 is 1.85 bits per heavy atom. The van der Waals surface area contributed by atoms with Gasteiger partial charge < -0.3 is 25.2 Å². The van der Waals surface area contributed by atoms with Gasteiger partial charge >= 0.3 is 6.03 Å². The third kappa shape index (κ3) is 7.71. The Labute approximate surface area is 228 Å². The van der Waals surface area contributed by atoms with Crippen LogP contribution in [-0.2, 0) is 20.3 Å².